The molecule has 0 aliphatic carbocycles. The van der Waals surface area contributed by atoms with Crippen LogP contribution in [0.3, 0.4) is 0 Å². The van der Waals surface area contributed by atoms with E-state index in [4.69, 9.17) is 5.41 Å². The molecule has 0 amide bonds. The predicted octanol–water partition coefficient (Wildman–Crippen LogP) is 4.60. The molecule has 1 heteroatoms. The Morgan fingerprint density at radius 2 is 1.67 bits per heavy atom. The van der Waals surface area contributed by atoms with Crippen molar-refractivity contribution < 1.29 is 0 Å². The average molecular weight is 207 g/mol. The van der Waals surface area contributed by atoms with Crippen molar-refractivity contribution in [3.63, 3.8) is 0 Å². The highest BCUT2D eigenvalue weighted by atomic mass is 14.3. The zero-order chi connectivity index (χ0) is 12.1. The van der Waals surface area contributed by atoms with E-state index >= 15 is 0 Å². The molecule has 0 saturated carbocycles. The number of hydrogen-bond acceptors (Lipinski definition) is 1. The molecule has 0 aromatic carbocycles. The lowest BCUT2D eigenvalue weighted by Gasteiger charge is -2.33. The fourth-order valence-electron chi connectivity index (χ4n) is 2.20. The Kier molecular flexibility index (Phi) is 4.99. The lowest BCUT2D eigenvalue weighted by molar-refractivity contribution is 0.253. The molecule has 0 heterocycles. The second-order valence-electron chi connectivity index (χ2n) is 5.91. The van der Waals surface area contributed by atoms with E-state index in [1.165, 1.54) is 11.8 Å². The van der Waals surface area contributed by atoms with Crippen LogP contribution in [0, 0.1) is 16.2 Å². The largest absolute Gasteiger partial charge is 0.309 e. The molecule has 0 aliphatic heterocycles. The van der Waals surface area contributed by atoms with E-state index < -0.39 is 0 Å². The van der Waals surface area contributed by atoms with E-state index in [0.717, 1.165) is 6.42 Å². The smallest absolute Gasteiger partial charge is 0.0180 e. The number of nitrogens with one attached hydrogen (secondary N) is 1. The maximum atomic E-state index is 7.19. The van der Waals surface area contributed by atoms with E-state index in [2.05, 4.69) is 40.7 Å². The molecule has 1 N–H and O–H groups in total. The van der Waals surface area contributed by atoms with Crippen LogP contribution < -0.4 is 0 Å². The Hall–Kier alpha value is -0.850. The Morgan fingerprint density at radius 3 is 2.00 bits per heavy atom. The zero-order valence-corrected chi connectivity index (χ0v) is 11.0. The summed E-state index contributed by atoms with van der Waals surface area (Å²) >= 11 is 0. The van der Waals surface area contributed by atoms with Gasteiger partial charge in [0.05, 0.1) is 0 Å². The molecular weight excluding hydrogens is 182 g/mol. The first-order valence-electron chi connectivity index (χ1n) is 5.57. The van der Waals surface area contributed by atoms with Crippen LogP contribution in [-0.4, -0.2) is 6.21 Å². The summed E-state index contributed by atoms with van der Waals surface area (Å²) < 4.78 is 0. The van der Waals surface area contributed by atoms with E-state index in [1.807, 2.05) is 19.1 Å². The standard InChI is InChI=1S/C14H25N/c1-7-8-12(9-10-15)14(5,6)11-13(2,3)4/h7-10,15H,11H2,1-6H3/b8-7-,12-9+,15-10?. The fourth-order valence-corrected chi connectivity index (χ4v) is 2.20. The Labute approximate surface area is 94.8 Å². The van der Waals surface area contributed by atoms with Crippen LogP contribution in [0.25, 0.3) is 0 Å². The van der Waals surface area contributed by atoms with Crippen molar-refractivity contribution in [2.24, 2.45) is 10.8 Å². The first-order chi connectivity index (χ1) is 6.73. The zero-order valence-electron chi connectivity index (χ0n) is 11.0. The maximum Gasteiger partial charge on any atom is 0.0180 e. The highest BCUT2D eigenvalue weighted by Gasteiger charge is 2.27. The molecule has 0 spiro atoms. The Bertz CT molecular complexity index is 262. The third-order valence-electron chi connectivity index (χ3n) is 2.36. The summed E-state index contributed by atoms with van der Waals surface area (Å²) in [5.74, 6) is 0. The lowest BCUT2D eigenvalue weighted by atomic mass is 9.71. The summed E-state index contributed by atoms with van der Waals surface area (Å²) in [7, 11) is 0. The van der Waals surface area contributed by atoms with Gasteiger partial charge in [0.2, 0.25) is 0 Å². The molecule has 0 aromatic heterocycles. The summed E-state index contributed by atoms with van der Waals surface area (Å²) in [6.45, 7) is 13.3. The van der Waals surface area contributed by atoms with E-state index in [-0.39, 0.29) is 5.41 Å². The third-order valence-corrected chi connectivity index (χ3v) is 2.36. The monoisotopic (exact) mass is 207 g/mol. The van der Waals surface area contributed by atoms with Crippen molar-refractivity contribution in [1.29, 1.82) is 5.41 Å². The van der Waals surface area contributed by atoms with Gasteiger partial charge in [0.15, 0.2) is 0 Å². The predicted molar refractivity (Wildman–Crippen MR) is 69.5 cm³/mol. The van der Waals surface area contributed by atoms with Crippen molar-refractivity contribution >= 4 is 6.21 Å². The molecule has 0 saturated heterocycles. The van der Waals surface area contributed by atoms with Crippen LogP contribution >= 0.6 is 0 Å². The van der Waals surface area contributed by atoms with Gasteiger partial charge in [-0.25, -0.2) is 0 Å². The molecule has 0 rings (SSSR count). The Balaban J connectivity index is 4.96. The van der Waals surface area contributed by atoms with Gasteiger partial charge in [0.1, 0.15) is 0 Å². The van der Waals surface area contributed by atoms with Gasteiger partial charge in [-0.3, -0.25) is 0 Å². The summed E-state index contributed by atoms with van der Waals surface area (Å²) in [5.41, 5.74) is 1.67. The SMILES string of the molecule is C/C=C\C(=C/C=N)C(C)(C)CC(C)(C)C. The van der Waals surface area contributed by atoms with Crippen LogP contribution in [0.5, 0.6) is 0 Å². The van der Waals surface area contributed by atoms with Gasteiger partial charge in [0.25, 0.3) is 0 Å². The van der Waals surface area contributed by atoms with Crippen molar-refractivity contribution in [3.8, 4) is 0 Å². The van der Waals surface area contributed by atoms with Crippen molar-refractivity contribution in [1.82, 2.24) is 0 Å². The molecule has 86 valence electrons. The van der Waals surface area contributed by atoms with Gasteiger partial charge in [-0.2, -0.15) is 0 Å². The van der Waals surface area contributed by atoms with E-state index in [0.29, 0.717) is 5.41 Å². The van der Waals surface area contributed by atoms with Gasteiger partial charge in [-0.15, -0.1) is 0 Å². The fraction of sp³-hybridized carbons (Fsp3) is 0.643. The van der Waals surface area contributed by atoms with Gasteiger partial charge >= 0.3 is 0 Å². The van der Waals surface area contributed by atoms with Gasteiger partial charge in [-0.1, -0.05) is 46.8 Å². The molecule has 0 aromatic rings. The van der Waals surface area contributed by atoms with Gasteiger partial charge in [-0.05, 0) is 35.8 Å². The van der Waals surface area contributed by atoms with Crippen LogP contribution in [0.2, 0.25) is 0 Å². The van der Waals surface area contributed by atoms with Crippen molar-refractivity contribution in [3.05, 3.63) is 23.8 Å². The van der Waals surface area contributed by atoms with Crippen LogP contribution in [0.1, 0.15) is 48.0 Å². The molecule has 0 unspecified atom stereocenters. The Morgan fingerprint density at radius 1 is 1.13 bits per heavy atom. The second-order valence-corrected chi connectivity index (χ2v) is 5.91. The molecule has 0 radical (unpaired) electrons. The average Bonchev–Trinajstić information content (AvgIpc) is 1.99. The topological polar surface area (TPSA) is 23.9 Å². The van der Waals surface area contributed by atoms with Crippen LogP contribution in [0.4, 0.5) is 0 Å². The molecule has 0 fully saturated rings. The van der Waals surface area contributed by atoms with Crippen LogP contribution in [0.15, 0.2) is 23.8 Å². The molecule has 0 atom stereocenters. The second kappa shape index (κ2) is 5.29. The highest BCUT2D eigenvalue weighted by molar-refractivity contribution is 5.70. The quantitative estimate of drug-likeness (QED) is 0.514. The van der Waals surface area contributed by atoms with Crippen molar-refractivity contribution in [2.45, 2.75) is 48.0 Å². The number of rotatable bonds is 4. The summed E-state index contributed by atoms with van der Waals surface area (Å²) in [4.78, 5) is 0. The minimum atomic E-state index is 0.127. The minimum Gasteiger partial charge on any atom is -0.309 e. The third kappa shape index (κ3) is 5.56. The number of hydrogen-bond donors (Lipinski definition) is 1. The normalized spacial score (nSPS) is 14.7. The molecular formula is C14H25N. The van der Waals surface area contributed by atoms with Gasteiger partial charge < -0.3 is 5.41 Å². The summed E-state index contributed by atoms with van der Waals surface area (Å²) in [5, 5.41) is 7.19. The molecule has 0 aliphatic rings. The van der Waals surface area contributed by atoms with Crippen molar-refractivity contribution in [2.75, 3.05) is 0 Å². The minimum absolute atomic E-state index is 0.127. The summed E-state index contributed by atoms with van der Waals surface area (Å²) in [6, 6.07) is 0. The van der Waals surface area contributed by atoms with E-state index in [1.54, 1.807) is 0 Å². The lowest BCUT2D eigenvalue weighted by Crippen LogP contribution is -2.22. The molecule has 0 bridgehead atoms. The van der Waals surface area contributed by atoms with E-state index in [9.17, 15) is 0 Å². The maximum absolute atomic E-state index is 7.19. The first kappa shape index (κ1) is 14.2. The molecule has 15 heavy (non-hydrogen) atoms. The first-order valence-corrected chi connectivity index (χ1v) is 5.57. The van der Waals surface area contributed by atoms with Crippen LogP contribution in [-0.2, 0) is 0 Å². The van der Waals surface area contributed by atoms with Gasteiger partial charge in [0, 0.05) is 6.21 Å². The molecule has 1 nitrogen and oxygen atoms in total. The highest BCUT2D eigenvalue weighted by Crippen LogP contribution is 2.39. The summed E-state index contributed by atoms with van der Waals surface area (Å²) in [6.07, 6.45) is 8.53. The number of allylic oxidation sites excluding steroid dienone is 4.